The Morgan fingerprint density at radius 2 is 1.93 bits per heavy atom. The molecule has 0 aliphatic rings. The molecule has 0 aliphatic heterocycles. The molecule has 0 saturated carbocycles. The van der Waals surface area contributed by atoms with E-state index in [0.717, 1.165) is 11.3 Å². The van der Waals surface area contributed by atoms with E-state index < -0.39 is 0 Å². The molecule has 0 bridgehead atoms. The zero-order valence-corrected chi connectivity index (χ0v) is 7.42. The predicted molar refractivity (Wildman–Crippen MR) is 52.1 cm³/mol. The lowest BCUT2D eigenvalue weighted by atomic mass is 10.2. The quantitative estimate of drug-likeness (QED) is 0.645. The number of hydrogen-bond donors (Lipinski definition) is 2. The van der Waals surface area contributed by atoms with Crippen LogP contribution in [0.15, 0.2) is 36.5 Å². The van der Waals surface area contributed by atoms with Gasteiger partial charge in [-0.3, -0.25) is 9.89 Å². The first-order valence-corrected chi connectivity index (χ1v) is 3.95. The third-order valence-electron chi connectivity index (χ3n) is 1.49. The molecule has 5 heteroatoms. The summed E-state index contributed by atoms with van der Waals surface area (Å²) < 4.78 is 0. The highest BCUT2D eigenvalue weighted by atomic mass is 16.1. The van der Waals surface area contributed by atoms with Gasteiger partial charge in [0.2, 0.25) is 6.41 Å². The fraction of sp³-hybridized carbons (Fsp3) is 0. The van der Waals surface area contributed by atoms with Crippen LogP contribution in [0.4, 0.5) is 0 Å². The summed E-state index contributed by atoms with van der Waals surface area (Å²) in [4.78, 5) is 8.58. The largest absolute Gasteiger partial charge is 0.372 e. The van der Waals surface area contributed by atoms with E-state index in [0.29, 0.717) is 0 Å². The lowest BCUT2D eigenvalue weighted by molar-refractivity contribution is -0.106. The lowest BCUT2D eigenvalue weighted by Crippen LogP contribution is -1.82. The number of amides is 1. The Bertz CT molecular complexity index is 358. The van der Waals surface area contributed by atoms with Gasteiger partial charge in [-0.25, -0.2) is 0 Å². The Morgan fingerprint density at radius 1 is 1.29 bits per heavy atom. The summed E-state index contributed by atoms with van der Waals surface area (Å²) in [6.07, 6.45) is 2.02. The van der Waals surface area contributed by atoms with Gasteiger partial charge in [-0.05, 0) is 0 Å². The number of hydrogen-bond acceptors (Lipinski definition) is 3. The molecule has 0 saturated heterocycles. The molecule has 0 spiro atoms. The van der Waals surface area contributed by atoms with E-state index in [1.807, 2.05) is 30.3 Å². The minimum atomic E-state index is 0.250. The smallest absolute Gasteiger partial charge is 0.204 e. The van der Waals surface area contributed by atoms with Crippen molar-refractivity contribution in [3.8, 4) is 11.3 Å². The molecule has 0 unspecified atom stereocenters. The molecule has 72 valence electrons. The molecule has 14 heavy (non-hydrogen) atoms. The van der Waals surface area contributed by atoms with Crippen LogP contribution in [0.1, 0.15) is 0 Å². The van der Waals surface area contributed by atoms with Crippen LogP contribution >= 0.6 is 0 Å². The first kappa shape index (κ1) is 9.91. The number of carbonyl (C=O) groups is 1. The molecule has 0 aliphatic carbocycles. The molecule has 2 aromatic rings. The van der Waals surface area contributed by atoms with Gasteiger partial charge < -0.3 is 5.73 Å². The van der Waals surface area contributed by atoms with Crippen molar-refractivity contribution in [3.05, 3.63) is 36.5 Å². The second-order valence-electron chi connectivity index (χ2n) is 2.36. The Hall–Kier alpha value is -2.17. The van der Waals surface area contributed by atoms with Crippen LogP contribution in [-0.4, -0.2) is 21.8 Å². The summed E-state index contributed by atoms with van der Waals surface area (Å²) in [7, 11) is 0. The van der Waals surface area contributed by atoms with E-state index in [1.165, 1.54) is 0 Å². The number of benzene rings is 1. The van der Waals surface area contributed by atoms with E-state index in [9.17, 15) is 0 Å². The molecule has 3 N–H and O–H groups in total. The molecule has 0 fully saturated rings. The van der Waals surface area contributed by atoms with Crippen molar-refractivity contribution < 1.29 is 4.79 Å². The number of primary amides is 1. The molecular formula is C9H10N4O. The van der Waals surface area contributed by atoms with E-state index in [4.69, 9.17) is 4.79 Å². The predicted octanol–water partition coefficient (Wildman–Crippen LogP) is 0.573. The van der Waals surface area contributed by atoms with Crippen molar-refractivity contribution in [3.63, 3.8) is 0 Å². The number of carbonyl (C=O) groups excluding carboxylic acids is 1. The minimum Gasteiger partial charge on any atom is -0.372 e. The van der Waals surface area contributed by atoms with Gasteiger partial charge in [0.25, 0.3) is 0 Å². The molecule has 1 amide bonds. The maximum atomic E-state index is 8.58. The normalized spacial score (nSPS) is 8.57. The monoisotopic (exact) mass is 190 g/mol. The number of H-pyrrole nitrogens is 1. The summed E-state index contributed by atoms with van der Waals surface area (Å²) in [6, 6.07) is 9.92. The molecular weight excluding hydrogens is 180 g/mol. The average Bonchev–Trinajstić information content (AvgIpc) is 2.73. The van der Waals surface area contributed by atoms with Gasteiger partial charge in [0.05, 0.1) is 0 Å². The maximum Gasteiger partial charge on any atom is 0.204 e. The summed E-state index contributed by atoms with van der Waals surface area (Å²) >= 11 is 0. The van der Waals surface area contributed by atoms with Gasteiger partial charge >= 0.3 is 0 Å². The second kappa shape index (κ2) is 5.47. The average molecular weight is 190 g/mol. The Labute approximate surface area is 80.9 Å². The Morgan fingerprint density at radius 3 is 2.43 bits per heavy atom. The zero-order chi connectivity index (χ0) is 10.2. The van der Waals surface area contributed by atoms with Crippen molar-refractivity contribution in [1.82, 2.24) is 15.4 Å². The Kier molecular flexibility index (Phi) is 3.87. The van der Waals surface area contributed by atoms with Crippen LogP contribution in [-0.2, 0) is 4.79 Å². The summed E-state index contributed by atoms with van der Waals surface area (Å²) in [6.45, 7) is 0. The highest BCUT2D eigenvalue weighted by Crippen LogP contribution is 2.12. The minimum absolute atomic E-state index is 0.250. The maximum absolute atomic E-state index is 8.58. The number of aromatic nitrogens is 3. The van der Waals surface area contributed by atoms with E-state index in [2.05, 4.69) is 21.1 Å². The number of nitrogens with one attached hydrogen (secondary N) is 1. The molecule has 0 radical (unpaired) electrons. The van der Waals surface area contributed by atoms with Crippen molar-refractivity contribution >= 4 is 6.41 Å². The molecule has 1 aromatic carbocycles. The molecule has 5 nitrogen and oxygen atoms in total. The number of aromatic amines is 1. The fourth-order valence-corrected chi connectivity index (χ4v) is 0.952. The van der Waals surface area contributed by atoms with Crippen LogP contribution in [0, 0.1) is 0 Å². The molecule has 0 atom stereocenters. The van der Waals surface area contributed by atoms with E-state index >= 15 is 0 Å². The van der Waals surface area contributed by atoms with Crippen molar-refractivity contribution in [2.24, 2.45) is 5.73 Å². The number of nitrogens with zero attached hydrogens (tertiary/aromatic N) is 2. The van der Waals surface area contributed by atoms with Gasteiger partial charge in [-0.15, -0.1) is 5.10 Å². The summed E-state index contributed by atoms with van der Waals surface area (Å²) in [5.41, 5.74) is 6.13. The van der Waals surface area contributed by atoms with Crippen LogP contribution in [0.25, 0.3) is 11.3 Å². The third-order valence-corrected chi connectivity index (χ3v) is 1.49. The first-order chi connectivity index (χ1) is 6.88. The van der Waals surface area contributed by atoms with Gasteiger partial charge in [0.1, 0.15) is 5.69 Å². The Balaban J connectivity index is 0.000000293. The molecule has 1 aromatic heterocycles. The molecule has 2 rings (SSSR count). The standard InChI is InChI=1S/C8H7N3.CH3NO/c1-2-4-7(5-3-1)8-6-9-11-10-8;2-1-3/h1-6H,(H,9,10,11);1H,(H2,2,3). The number of nitrogens with two attached hydrogens (primary N) is 1. The van der Waals surface area contributed by atoms with Crippen molar-refractivity contribution in [1.29, 1.82) is 0 Å². The zero-order valence-electron chi connectivity index (χ0n) is 7.42. The highest BCUT2D eigenvalue weighted by Gasteiger charge is 1.96. The SMILES string of the molecule is NC=O.c1ccc(-c2c[nH]nn2)cc1. The topological polar surface area (TPSA) is 84.7 Å². The highest BCUT2D eigenvalue weighted by molar-refractivity contribution is 5.56. The fourth-order valence-electron chi connectivity index (χ4n) is 0.952. The van der Waals surface area contributed by atoms with E-state index in [-0.39, 0.29) is 6.41 Å². The van der Waals surface area contributed by atoms with E-state index in [1.54, 1.807) is 6.20 Å². The van der Waals surface area contributed by atoms with Crippen LogP contribution in [0.2, 0.25) is 0 Å². The van der Waals surface area contributed by atoms with Crippen molar-refractivity contribution in [2.75, 3.05) is 0 Å². The van der Waals surface area contributed by atoms with Gasteiger partial charge in [-0.1, -0.05) is 35.5 Å². The summed E-state index contributed by atoms with van der Waals surface area (Å²) in [5, 5.41) is 10.2. The first-order valence-electron chi connectivity index (χ1n) is 3.95. The third kappa shape index (κ3) is 2.71. The van der Waals surface area contributed by atoms with Crippen LogP contribution in [0.3, 0.4) is 0 Å². The van der Waals surface area contributed by atoms with Gasteiger partial charge in [0, 0.05) is 11.8 Å². The van der Waals surface area contributed by atoms with Gasteiger partial charge in [-0.2, -0.15) is 0 Å². The van der Waals surface area contributed by atoms with Crippen LogP contribution in [0.5, 0.6) is 0 Å². The van der Waals surface area contributed by atoms with Crippen LogP contribution < -0.4 is 5.73 Å². The second-order valence-corrected chi connectivity index (χ2v) is 2.36. The summed E-state index contributed by atoms with van der Waals surface area (Å²) in [5.74, 6) is 0. The molecule has 1 heterocycles. The van der Waals surface area contributed by atoms with Crippen molar-refractivity contribution in [2.45, 2.75) is 0 Å². The lowest BCUT2D eigenvalue weighted by Gasteiger charge is -1.90. The number of rotatable bonds is 1. The van der Waals surface area contributed by atoms with Gasteiger partial charge in [0.15, 0.2) is 0 Å².